The van der Waals surface area contributed by atoms with E-state index in [0.717, 1.165) is 24.9 Å². The van der Waals surface area contributed by atoms with E-state index in [-0.39, 0.29) is 17.6 Å². The van der Waals surface area contributed by atoms with Gasteiger partial charge in [0.05, 0.1) is 5.75 Å². The maximum absolute atomic E-state index is 12.7. The number of piperidine rings is 1. The number of piperazine rings is 1. The predicted molar refractivity (Wildman–Crippen MR) is 97.4 cm³/mol. The number of hydrogen-bond donors (Lipinski definition) is 1. The lowest BCUT2D eigenvalue weighted by Gasteiger charge is -2.37. The van der Waals surface area contributed by atoms with Crippen LogP contribution in [0.2, 0.25) is 0 Å². The topological polar surface area (TPSA) is 69.7 Å². The Hall–Kier alpha value is -1.44. The quantitative estimate of drug-likeness (QED) is 0.866. The first-order chi connectivity index (χ1) is 12.0. The van der Waals surface area contributed by atoms with E-state index < -0.39 is 10.0 Å². The fraction of sp³-hybridized carbons (Fsp3) is 0.611. The van der Waals surface area contributed by atoms with Crippen LogP contribution in [0.3, 0.4) is 0 Å². The zero-order valence-corrected chi connectivity index (χ0v) is 15.5. The van der Waals surface area contributed by atoms with Crippen molar-refractivity contribution in [3.63, 3.8) is 0 Å². The maximum atomic E-state index is 12.7. The highest BCUT2D eigenvalue weighted by Crippen LogP contribution is 2.21. The van der Waals surface area contributed by atoms with Crippen LogP contribution in [0.4, 0.5) is 0 Å². The molecule has 25 heavy (non-hydrogen) atoms. The minimum Gasteiger partial charge on any atom is -0.340 e. The standard InChI is InChI=1S/C18H27N3O3S/c1-15-13-17(7-8-19-15)18(22)20-9-11-21(12-10-20)25(23,24)14-16-5-3-2-4-6-16/h2-6,15,17,19H,7-14H2,1H3/t15-,17-/m0/s1. The SMILES string of the molecule is C[C@H]1C[C@@H](C(=O)N2CCN(S(=O)(=O)Cc3ccccc3)CC2)CCN1. The largest absolute Gasteiger partial charge is 0.340 e. The van der Waals surface area contributed by atoms with Crippen molar-refractivity contribution in [1.82, 2.24) is 14.5 Å². The number of carbonyl (C=O) groups excluding carboxylic acids is 1. The number of nitrogens with one attached hydrogen (secondary N) is 1. The third kappa shape index (κ3) is 4.59. The lowest BCUT2D eigenvalue weighted by atomic mass is 9.92. The number of nitrogens with zero attached hydrogens (tertiary/aromatic N) is 2. The number of hydrogen-bond acceptors (Lipinski definition) is 4. The summed E-state index contributed by atoms with van der Waals surface area (Å²) < 4.78 is 26.7. The van der Waals surface area contributed by atoms with E-state index in [1.807, 2.05) is 35.2 Å². The van der Waals surface area contributed by atoms with E-state index in [1.54, 1.807) is 0 Å². The van der Waals surface area contributed by atoms with Crippen molar-refractivity contribution in [3.05, 3.63) is 35.9 Å². The molecule has 2 atom stereocenters. The molecule has 0 spiro atoms. The van der Waals surface area contributed by atoms with Crippen LogP contribution in [-0.4, -0.2) is 62.3 Å². The summed E-state index contributed by atoms with van der Waals surface area (Å²) in [5, 5.41) is 3.36. The molecule has 6 nitrogen and oxygen atoms in total. The van der Waals surface area contributed by atoms with Gasteiger partial charge in [-0.25, -0.2) is 8.42 Å². The summed E-state index contributed by atoms with van der Waals surface area (Å²) in [7, 11) is -3.33. The molecule has 1 amide bonds. The van der Waals surface area contributed by atoms with Crippen LogP contribution in [0.5, 0.6) is 0 Å². The molecular weight excluding hydrogens is 338 g/mol. The molecule has 2 aliphatic heterocycles. The molecule has 2 saturated heterocycles. The Kier molecular flexibility index (Phi) is 5.76. The van der Waals surface area contributed by atoms with Gasteiger partial charge in [-0.2, -0.15) is 4.31 Å². The number of sulfonamides is 1. The molecule has 0 radical (unpaired) electrons. The number of amides is 1. The number of carbonyl (C=O) groups is 1. The van der Waals surface area contributed by atoms with E-state index in [1.165, 1.54) is 4.31 Å². The zero-order chi connectivity index (χ0) is 17.9. The molecule has 2 heterocycles. The molecular formula is C18H27N3O3S. The molecule has 2 fully saturated rings. The number of benzene rings is 1. The van der Waals surface area contributed by atoms with Crippen molar-refractivity contribution in [3.8, 4) is 0 Å². The molecule has 3 rings (SSSR count). The van der Waals surface area contributed by atoms with Gasteiger partial charge in [0, 0.05) is 38.1 Å². The van der Waals surface area contributed by atoms with E-state index in [4.69, 9.17) is 0 Å². The van der Waals surface area contributed by atoms with Crippen LogP contribution in [0, 0.1) is 5.92 Å². The molecule has 0 unspecified atom stereocenters. The van der Waals surface area contributed by atoms with Crippen molar-refractivity contribution in [2.24, 2.45) is 5.92 Å². The first-order valence-corrected chi connectivity index (χ1v) is 10.6. The first-order valence-electron chi connectivity index (χ1n) is 8.99. The molecule has 0 aromatic heterocycles. The summed E-state index contributed by atoms with van der Waals surface area (Å²) in [6.07, 6.45) is 1.74. The van der Waals surface area contributed by atoms with Gasteiger partial charge in [-0.3, -0.25) is 4.79 Å². The van der Waals surface area contributed by atoms with Gasteiger partial charge in [0.1, 0.15) is 0 Å². The van der Waals surface area contributed by atoms with E-state index >= 15 is 0 Å². The van der Waals surface area contributed by atoms with E-state index in [0.29, 0.717) is 32.2 Å². The van der Waals surface area contributed by atoms with Crippen molar-refractivity contribution >= 4 is 15.9 Å². The summed E-state index contributed by atoms with van der Waals surface area (Å²) in [6, 6.07) is 9.60. The molecule has 1 aromatic carbocycles. The maximum Gasteiger partial charge on any atom is 0.225 e. The highest BCUT2D eigenvalue weighted by molar-refractivity contribution is 7.88. The van der Waals surface area contributed by atoms with Gasteiger partial charge < -0.3 is 10.2 Å². The Morgan fingerprint density at radius 3 is 2.48 bits per heavy atom. The summed E-state index contributed by atoms with van der Waals surface area (Å²) >= 11 is 0. The summed E-state index contributed by atoms with van der Waals surface area (Å²) in [6.45, 7) is 4.75. The highest BCUT2D eigenvalue weighted by atomic mass is 32.2. The van der Waals surface area contributed by atoms with Gasteiger partial charge in [-0.1, -0.05) is 30.3 Å². The second-order valence-electron chi connectivity index (χ2n) is 7.04. The lowest BCUT2D eigenvalue weighted by molar-refractivity contribution is -0.137. The van der Waals surface area contributed by atoms with Gasteiger partial charge in [0.15, 0.2) is 0 Å². The average molecular weight is 365 g/mol. The minimum absolute atomic E-state index is 0.0214. The fourth-order valence-electron chi connectivity index (χ4n) is 3.68. The summed E-state index contributed by atoms with van der Waals surface area (Å²) in [5.41, 5.74) is 0.796. The normalized spacial score (nSPS) is 25.7. The molecule has 138 valence electrons. The highest BCUT2D eigenvalue weighted by Gasteiger charge is 2.33. The Bertz CT molecular complexity index is 685. The van der Waals surface area contributed by atoms with Crippen molar-refractivity contribution < 1.29 is 13.2 Å². The van der Waals surface area contributed by atoms with Crippen LogP contribution in [0.25, 0.3) is 0 Å². The van der Waals surface area contributed by atoms with Gasteiger partial charge in [0.2, 0.25) is 15.9 Å². The Labute approximate surface area is 150 Å². The second-order valence-corrected chi connectivity index (χ2v) is 9.01. The van der Waals surface area contributed by atoms with E-state index in [9.17, 15) is 13.2 Å². The third-order valence-electron chi connectivity index (χ3n) is 5.11. The van der Waals surface area contributed by atoms with Crippen LogP contribution in [0.1, 0.15) is 25.3 Å². The molecule has 2 aliphatic rings. The molecule has 0 saturated carbocycles. The molecule has 1 aromatic rings. The van der Waals surface area contributed by atoms with Crippen LogP contribution >= 0.6 is 0 Å². The molecule has 0 bridgehead atoms. The van der Waals surface area contributed by atoms with Gasteiger partial charge in [-0.15, -0.1) is 0 Å². The minimum atomic E-state index is -3.33. The van der Waals surface area contributed by atoms with E-state index in [2.05, 4.69) is 12.2 Å². The van der Waals surface area contributed by atoms with Crippen LogP contribution < -0.4 is 5.32 Å². The predicted octanol–water partition coefficient (Wildman–Crippen LogP) is 1.05. The lowest BCUT2D eigenvalue weighted by Crippen LogP contribution is -2.53. The van der Waals surface area contributed by atoms with Gasteiger partial charge >= 0.3 is 0 Å². The summed E-state index contributed by atoms with van der Waals surface area (Å²) in [5.74, 6) is 0.283. The average Bonchev–Trinajstić information content (AvgIpc) is 2.62. The fourth-order valence-corrected chi connectivity index (χ4v) is 5.19. The number of rotatable bonds is 4. The van der Waals surface area contributed by atoms with Crippen molar-refractivity contribution in [2.75, 3.05) is 32.7 Å². The van der Waals surface area contributed by atoms with Crippen LogP contribution in [-0.2, 0) is 20.6 Å². The Morgan fingerprint density at radius 2 is 1.84 bits per heavy atom. The second kappa shape index (κ2) is 7.85. The van der Waals surface area contributed by atoms with Crippen molar-refractivity contribution in [1.29, 1.82) is 0 Å². The van der Waals surface area contributed by atoms with Gasteiger partial charge in [-0.05, 0) is 31.9 Å². The smallest absolute Gasteiger partial charge is 0.225 e. The van der Waals surface area contributed by atoms with Crippen LogP contribution in [0.15, 0.2) is 30.3 Å². The van der Waals surface area contributed by atoms with Gasteiger partial charge in [0.25, 0.3) is 0 Å². The Balaban J connectivity index is 1.55. The first kappa shape index (κ1) is 18.4. The molecule has 7 heteroatoms. The molecule has 1 N–H and O–H groups in total. The monoisotopic (exact) mass is 365 g/mol. The Morgan fingerprint density at radius 1 is 1.16 bits per heavy atom. The third-order valence-corrected chi connectivity index (χ3v) is 6.96. The summed E-state index contributed by atoms with van der Waals surface area (Å²) in [4.78, 5) is 14.5. The van der Waals surface area contributed by atoms with Crippen molar-refractivity contribution in [2.45, 2.75) is 31.6 Å². The zero-order valence-electron chi connectivity index (χ0n) is 14.7. The molecule has 0 aliphatic carbocycles.